The maximum absolute atomic E-state index is 12.4. The van der Waals surface area contributed by atoms with Crippen molar-refractivity contribution < 1.29 is 4.79 Å². The van der Waals surface area contributed by atoms with Crippen LogP contribution in [-0.4, -0.2) is 27.8 Å². The van der Waals surface area contributed by atoms with E-state index in [0.29, 0.717) is 12.1 Å². The second-order valence-electron chi connectivity index (χ2n) is 8.29. The van der Waals surface area contributed by atoms with Gasteiger partial charge in [0.05, 0.1) is 11.4 Å². The Morgan fingerprint density at radius 3 is 2.23 bits per heavy atom. The Balaban J connectivity index is 1.50. The van der Waals surface area contributed by atoms with Crippen molar-refractivity contribution in [1.82, 2.24) is 14.9 Å². The van der Waals surface area contributed by atoms with Crippen LogP contribution in [0.3, 0.4) is 0 Å². The van der Waals surface area contributed by atoms with Gasteiger partial charge in [-0.2, -0.15) is 0 Å². The van der Waals surface area contributed by atoms with E-state index in [-0.39, 0.29) is 5.91 Å². The molecule has 4 rings (SSSR count). The highest BCUT2D eigenvalue weighted by molar-refractivity contribution is 9.10. The van der Waals surface area contributed by atoms with Gasteiger partial charge < -0.3 is 9.88 Å². The van der Waals surface area contributed by atoms with Gasteiger partial charge in [-0.25, -0.2) is 4.98 Å². The fourth-order valence-electron chi connectivity index (χ4n) is 3.89. The van der Waals surface area contributed by atoms with E-state index in [1.54, 1.807) is 11.8 Å². The van der Waals surface area contributed by atoms with Crippen LogP contribution >= 0.6 is 27.7 Å². The zero-order valence-corrected chi connectivity index (χ0v) is 22.3. The highest BCUT2D eigenvalue weighted by Gasteiger charge is 2.20. The van der Waals surface area contributed by atoms with Crippen molar-refractivity contribution in [3.8, 4) is 22.5 Å². The fraction of sp³-hybridized carbons (Fsp3) is 0.241. The smallest absolute Gasteiger partial charge is 0.251 e. The third-order valence-electron chi connectivity index (χ3n) is 5.71. The molecule has 0 spiro atoms. The number of carbonyl (C=O) groups excluding carboxylic acids is 1. The van der Waals surface area contributed by atoms with Gasteiger partial charge in [0.25, 0.3) is 5.91 Å². The molecule has 0 radical (unpaired) electrons. The van der Waals surface area contributed by atoms with Crippen LogP contribution in [-0.2, 0) is 6.54 Å². The van der Waals surface area contributed by atoms with Gasteiger partial charge >= 0.3 is 0 Å². The van der Waals surface area contributed by atoms with Crippen LogP contribution in [0.4, 0.5) is 0 Å². The molecule has 1 amide bonds. The number of nitrogens with zero attached hydrogens (tertiary/aromatic N) is 2. The van der Waals surface area contributed by atoms with Gasteiger partial charge in [0.2, 0.25) is 0 Å². The van der Waals surface area contributed by atoms with Crippen LogP contribution in [0.15, 0.2) is 94.6 Å². The first-order valence-corrected chi connectivity index (χ1v) is 13.8. The minimum Gasteiger partial charge on any atom is -0.352 e. The first kappa shape index (κ1) is 25.3. The summed E-state index contributed by atoms with van der Waals surface area (Å²) < 4.78 is 3.35. The maximum Gasteiger partial charge on any atom is 0.251 e. The Morgan fingerprint density at radius 1 is 0.914 bits per heavy atom. The second kappa shape index (κ2) is 12.8. The summed E-state index contributed by atoms with van der Waals surface area (Å²) >= 11 is 5.17. The largest absolute Gasteiger partial charge is 0.352 e. The lowest BCUT2D eigenvalue weighted by atomic mass is 10.0. The van der Waals surface area contributed by atoms with Crippen LogP contribution in [0.2, 0.25) is 0 Å². The Labute approximate surface area is 220 Å². The lowest BCUT2D eigenvalue weighted by molar-refractivity contribution is 0.0954. The molecule has 6 heteroatoms. The zero-order chi connectivity index (χ0) is 24.5. The number of rotatable bonds is 11. The van der Waals surface area contributed by atoms with Crippen molar-refractivity contribution >= 4 is 33.6 Å². The third-order valence-corrected chi connectivity index (χ3v) is 7.30. The molecule has 0 aliphatic rings. The Kier molecular flexibility index (Phi) is 9.21. The molecule has 0 saturated heterocycles. The van der Waals surface area contributed by atoms with Gasteiger partial charge in [-0.15, -0.1) is 0 Å². The fourth-order valence-corrected chi connectivity index (χ4v) is 5.12. The van der Waals surface area contributed by atoms with Crippen molar-refractivity contribution in [1.29, 1.82) is 0 Å². The number of nitrogens with one attached hydrogen (secondary N) is 1. The molecule has 4 nitrogen and oxygen atoms in total. The molecule has 0 bridgehead atoms. The summed E-state index contributed by atoms with van der Waals surface area (Å²) in [7, 11) is 0. The minimum atomic E-state index is -0.0373. The van der Waals surface area contributed by atoms with Crippen molar-refractivity contribution in [2.75, 3.05) is 12.3 Å². The van der Waals surface area contributed by atoms with E-state index in [9.17, 15) is 4.79 Å². The summed E-state index contributed by atoms with van der Waals surface area (Å²) in [5.41, 5.74) is 5.19. The Morgan fingerprint density at radius 2 is 1.57 bits per heavy atom. The molecule has 1 aromatic heterocycles. The van der Waals surface area contributed by atoms with Gasteiger partial charge in [0, 0.05) is 40.0 Å². The molecule has 0 aliphatic carbocycles. The number of aromatic nitrogens is 2. The number of benzene rings is 3. The summed E-state index contributed by atoms with van der Waals surface area (Å²) in [4.78, 5) is 17.5. The first-order valence-electron chi connectivity index (χ1n) is 12.0. The zero-order valence-electron chi connectivity index (χ0n) is 19.9. The second-order valence-corrected chi connectivity index (χ2v) is 10.3. The Hall–Kier alpha value is -2.83. The van der Waals surface area contributed by atoms with Gasteiger partial charge in [-0.1, -0.05) is 102 Å². The third kappa shape index (κ3) is 6.65. The van der Waals surface area contributed by atoms with Crippen molar-refractivity contribution in [2.24, 2.45) is 0 Å². The molecule has 3 aromatic carbocycles. The van der Waals surface area contributed by atoms with Gasteiger partial charge in [0.1, 0.15) is 0 Å². The predicted octanol–water partition coefficient (Wildman–Crippen LogP) is 7.69. The number of halogens is 1. The number of imidazole rings is 1. The quantitative estimate of drug-likeness (QED) is 0.154. The van der Waals surface area contributed by atoms with Crippen LogP contribution in [0, 0.1) is 0 Å². The lowest BCUT2D eigenvalue weighted by Crippen LogP contribution is -2.24. The van der Waals surface area contributed by atoms with E-state index in [1.807, 2.05) is 30.3 Å². The number of amides is 1. The molecule has 35 heavy (non-hydrogen) atoms. The minimum absolute atomic E-state index is 0.0373. The monoisotopic (exact) mass is 547 g/mol. The van der Waals surface area contributed by atoms with Crippen molar-refractivity contribution in [3.63, 3.8) is 0 Å². The van der Waals surface area contributed by atoms with E-state index in [4.69, 9.17) is 4.98 Å². The summed E-state index contributed by atoms with van der Waals surface area (Å²) in [5.74, 6) is 0.844. The Bertz CT molecular complexity index is 1220. The highest BCUT2D eigenvalue weighted by atomic mass is 79.9. The van der Waals surface area contributed by atoms with E-state index in [2.05, 4.69) is 87.3 Å². The highest BCUT2D eigenvalue weighted by Crippen LogP contribution is 2.36. The van der Waals surface area contributed by atoms with Crippen LogP contribution in [0.25, 0.3) is 22.5 Å². The summed E-state index contributed by atoms with van der Waals surface area (Å²) in [6.45, 7) is 3.79. The molecule has 0 fully saturated rings. The summed E-state index contributed by atoms with van der Waals surface area (Å²) in [6, 6.07) is 28.4. The van der Waals surface area contributed by atoms with Crippen LogP contribution < -0.4 is 5.32 Å². The number of unbranched alkanes of at least 4 members (excludes halogenated alkanes) is 1. The van der Waals surface area contributed by atoms with Gasteiger partial charge in [-0.05, 0) is 37.1 Å². The average Bonchev–Trinajstić information content (AvgIpc) is 3.26. The van der Waals surface area contributed by atoms with E-state index in [1.165, 1.54) is 11.3 Å². The van der Waals surface area contributed by atoms with Crippen LogP contribution in [0.1, 0.15) is 36.5 Å². The van der Waals surface area contributed by atoms with Crippen molar-refractivity contribution in [2.45, 2.75) is 37.9 Å². The molecule has 0 aliphatic heterocycles. The summed E-state index contributed by atoms with van der Waals surface area (Å²) in [6.07, 6.45) is 3.09. The number of carbonyl (C=O) groups is 1. The SMILES string of the molecule is CCCCn1c(SCCCNC(=O)c2ccc(Br)cc2)nc(-c2ccccc2)c1-c1ccccc1. The van der Waals surface area contributed by atoms with E-state index >= 15 is 0 Å². The topological polar surface area (TPSA) is 46.9 Å². The molecular formula is C29H30BrN3OS. The predicted molar refractivity (Wildman–Crippen MR) is 150 cm³/mol. The summed E-state index contributed by atoms with van der Waals surface area (Å²) in [5, 5.41) is 4.06. The standard InChI is InChI=1S/C29H30BrN3OS/c1-2-3-20-33-27(23-13-8-5-9-14-23)26(22-11-6-4-7-12-22)32-29(33)35-21-10-19-31-28(34)24-15-17-25(30)18-16-24/h4-9,11-18H,2-3,10,19-21H2,1H3,(H,31,34). The van der Waals surface area contributed by atoms with E-state index in [0.717, 1.165) is 52.4 Å². The molecule has 1 heterocycles. The number of hydrogen-bond donors (Lipinski definition) is 1. The normalized spacial score (nSPS) is 10.9. The van der Waals surface area contributed by atoms with Gasteiger partial charge in [-0.3, -0.25) is 4.79 Å². The molecular weight excluding hydrogens is 518 g/mol. The van der Waals surface area contributed by atoms with Crippen molar-refractivity contribution in [3.05, 3.63) is 95.0 Å². The van der Waals surface area contributed by atoms with E-state index < -0.39 is 0 Å². The molecule has 0 unspecified atom stereocenters. The van der Waals surface area contributed by atoms with Gasteiger partial charge in [0.15, 0.2) is 5.16 Å². The first-order chi connectivity index (χ1) is 17.2. The molecule has 1 N–H and O–H groups in total. The lowest BCUT2D eigenvalue weighted by Gasteiger charge is -2.13. The van der Waals surface area contributed by atoms with Crippen LogP contribution in [0.5, 0.6) is 0 Å². The molecule has 4 aromatic rings. The average molecular weight is 549 g/mol. The molecule has 0 atom stereocenters. The number of hydrogen-bond acceptors (Lipinski definition) is 3. The number of thioether (sulfide) groups is 1. The maximum atomic E-state index is 12.4. The molecule has 180 valence electrons. The molecule has 0 saturated carbocycles.